The number of methoxy groups -OCH3 is 1. The minimum atomic E-state index is -0.386. The van der Waals surface area contributed by atoms with E-state index < -0.39 is 0 Å². The van der Waals surface area contributed by atoms with Gasteiger partial charge in [0.15, 0.2) is 6.61 Å². The summed E-state index contributed by atoms with van der Waals surface area (Å²) in [5.74, 6) is 0.887. The number of hydrogen-bond acceptors (Lipinski definition) is 4. The second kappa shape index (κ2) is 8.57. The van der Waals surface area contributed by atoms with Gasteiger partial charge in [0.1, 0.15) is 11.5 Å². The summed E-state index contributed by atoms with van der Waals surface area (Å²) in [4.78, 5) is 11.8. The molecule has 0 saturated heterocycles. The maximum Gasteiger partial charge on any atom is 0.277 e. The van der Waals surface area contributed by atoms with Gasteiger partial charge in [-0.3, -0.25) is 4.79 Å². The molecule has 0 aromatic heterocycles. The van der Waals surface area contributed by atoms with Gasteiger partial charge >= 0.3 is 0 Å². The first-order valence-corrected chi connectivity index (χ1v) is 7.80. The number of rotatable bonds is 6. The molecule has 0 atom stereocenters. The lowest BCUT2D eigenvalue weighted by molar-refractivity contribution is -0.123. The molecular formula is C17H16Cl2N2O3. The van der Waals surface area contributed by atoms with Crippen LogP contribution in [0.3, 0.4) is 0 Å². The van der Waals surface area contributed by atoms with Gasteiger partial charge in [0.25, 0.3) is 5.91 Å². The van der Waals surface area contributed by atoms with Crippen molar-refractivity contribution >= 4 is 34.8 Å². The van der Waals surface area contributed by atoms with E-state index in [2.05, 4.69) is 10.5 Å². The van der Waals surface area contributed by atoms with Gasteiger partial charge in [-0.25, -0.2) is 5.43 Å². The van der Waals surface area contributed by atoms with Crippen LogP contribution in [0.25, 0.3) is 0 Å². The van der Waals surface area contributed by atoms with Crippen LogP contribution in [0, 0.1) is 0 Å². The summed E-state index contributed by atoms with van der Waals surface area (Å²) in [6.45, 7) is 1.56. The van der Waals surface area contributed by atoms with Crippen molar-refractivity contribution in [2.45, 2.75) is 6.92 Å². The first-order valence-electron chi connectivity index (χ1n) is 7.05. The first kappa shape index (κ1) is 18.1. The third-order valence-corrected chi connectivity index (χ3v) is 3.66. The second-order valence-electron chi connectivity index (χ2n) is 4.82. The lowest BCUT2D eigenvalue weighted by Crippen LogP contribution is -2.25. The van der Waals surface area contributed by atoms with Crippen LogP contribution < -0.4 is 14.9 Å². The summed E-state index contributed by atoms with van der Waals surface area (Å²) in [7, 11) is 1.58. The molecular weight excluding hydrogens is 351 g/mol. The number of hydrazone groups is 1. The van der Waals surface area contributed by atoms with Crippen LogP contribution >= 0.6 is 23.2 Å². The average Bonchev–Trinajstić information content (AvgIpc) is 2.60. The molecule has 0 spiro atoms. The first-order chi connectivity index (χ1) is 11.5. The molecule has 0 heterocycles. The number of nitrogens with zero attached hydrogens (tertiary/aromatic N) is 1. The van der Waals surface area contributed by atoms with Crippen LogP contribution in [-0.4, -0.2) is 25.3 Å². The van der Waals surface area contributed by atoms with Gasteiger partial charge in [0.2, 0.25) is 0 Å². The van der Waals surface area contributed by atoms with Gasteiger partial charge < -0.3 is 9.47 Å². The number of benzene rings is 2. The Hall–Kier alpha value is -2.24. The molecule has 0 aliphatic rings. The highest BCUT2D eigenvalue weighted by atomic mass is 35.5. The SMILES string of the molecule is COc1ccc(OCC(=O)N/N=C(/C)c2cc(Cl)ccc2Cl)cc1. The average molecular weight is 367 g/mol. The maximum atomic E-state index is 11.8. The van der Waals surface area contributed by atoms with Crippen LogP contribution in [0.4, 0.5) is 0 Å². The number of nitrogens with one attached hydrogen (secondary N) is 1. The zero-order valence-electron chi connectivity index (χ0n) is 13.2. The molecule has 0 bridgehead atoms. The Balaban J connectivity index is 1.90. The molecule has 1 amide bonds. The van der Waals surface area contributed by atoms with Gasteiger partial charge in [0, 0.05) is 15.6 Å². The third kappa shape index (κ3) is 5.15. The molecule has 0 saturated carbocycles. The van der Waals surface area contributed by atoms with E-state index in [4.69, 9.17) is 32.7 Å². The molecule has 0 aliphatic heterocycles. The van der Waals surface area contributed by atoms with Crippen LogP contribution in [-0.2, 0) is 4.79 Å². The Morgan fingerprint density at radius 1 is 1.12 bits per heavy atom. The van der Waals surface area contributed by atoms with Crippen LogP contribution in [0.2, 0.25) is 10.0 Å². The number of halogens is 2. The largest absolute Gasteiger partial charge is 0.497 e. The molecule has 0 unspecified atom stereocenters. The van der Waals surface area contributed by atoms with E-state index in [-0.39, 0.29) is 12.5 Å². The van der Waals surface area contributed by atoms with E-state index in [0.29, 0.717) is 32.8 Å². The molecule has 5 nitrogen and oxygen atoms in total. The summed E-state index contributed by atoms with van der Waals surface area (Å²) < 4.78 is 10.4. The molecule has 7 heteroatoms. The summed E-state index contributed by atoms with van der Waals surface area (Å²) in [5.41, 5.74) is 3.61. The Labute approximate surface area is 150 Å². The molecule has 2 rings (SSSR count). The molecule has 0 aliphatic carbocycles. The summed E-state index contributed by atoms with van der Waals surface area (Å²) >= 11 is 12.0. The molecule has 0 radical (unpaired) electrons. The van der Waals surface area contributed by atoms with Gasteiger partial charge in [-0.1, -0.05) is 23.2 Å². The number of carbonyl (C=O) groups is 1. The monoisotopic (exact) mass is 366 g/mol. The Morgan fingerprint density at radius 3 is 2.46 bits per heavy atom. The van der Waals surface area contributed by atoms with Crippen molar-refractivity contribution < 1.29 is 14.3 Å². The van der Waals surface area contributed by atoms with E-state index in [1.54, 1.807) is 56.5 Å². The van der Waals surface area contributed by atoms with Crippen molar-refractivity contribution in [2.75, 3.05) is 13.7 Å². The van der Waals surface area contributed by atoms with Crippen molar-refractivity contribution in [3.8, 4) is 11.5 Å². The molecule has 2 aromatic rings. The molecule has 126 valence electrons. The van der Waals surface area contributed by atoms with Crippen LogP contribution in [0.15, 0.2) is 47.6 Å². The number of hydrogen-bond donors (Lipinski definition) is 1. The van der Waals surface area contributed by atoms with E-state index in [9.17, 15) is 4.79 Å². The Morgan fingerprint density at radius 2 is 1.79 bits per heavy atom. The highest BCUT2D eigenvalue weighted by Crippen LogP contribution is 2.21. The lowest BCUT2D eigenvalue weighted by Gasteiger charge is -2.07. The Bertz CT molecular complexity index is 746. The molecule has 24 heavy (non-hydrogen) atoms. The standard InChI is InChI=1S/C17H16Cl2N2O3/c1-11(15-9-12(18)3-8-16(15)19)20-21-17(22)10-24-14-6-4-13(23-2)5-7-14/h3-9H,10H2,1-2H3,(H,21,22)/b20-11-. The van der Waals surface area contributed by atoms with E-state index in [1.807, 2.05) is 0 Å². The lowest BCUT2D eigenvalue weighted by atomic mass is 10.1. The van der Waals surface area contributed by atoms with Crippen molar-refractivity contribution in [2.24, 2.45) is 5.10 Å². The molecule has 2 aromatic carbocycles. The van der Waals surface area contributed by atoms with E-state index >= 15 is 0 Å². The van der Waals surface area contributed by atoms with E-state index in [0.717, 1.165) is 0 Å². The minimum absolute atomic E-state index is 0.160. The van der Waals surface area contributed by atoms with Crippen LogP contribution in [0.5, 0.6) is 11.5 Å². The van der Waals surface area contributed by atoms with Gasteiger partial charge in [-0.05, 0) is 49.4 Å². The fourth-order valence-corrected chi connectivity index (χ4v) is 2.26. The van der Waals surface area contributed by atoms with Crippen molar-refractivity contribution in [3.05, 3.63) is 58.1 Å². The minimum Gasteiger partial charge on any atom is -0.497 e. The highest BCUT2D eigenvalue weighted by molar-refractivity contribution is 6.36. The van der Waals surface area contributed by atoms with Crippen molar-refractivity contribution in [3.63, 3.8) is 0 Å². The topological polar surface area (TPSA) is 59.9 Å². The summed E-state index contributed by atoms with van der Waals surface area (Å²) in [6.07, 6.45) is 0. The quantitative estimate of drug-likeness (QED) is 0.622. The van der Waals surface area contributed by atoms with Crippen molar-refractivity contribution in [1.82, 2.24) is 5.43 Å². The van der Waals surface area contributed by atoms with E-state index in [1.165, 1.54) is 0 Å². The van der Waals surface area contributed by atoms with Gasteiger partial charge in [-0.15, -0.1) is 0 Å². The number of ether oxygens (including phenoxy) is 2. The van der Waals surface area contributed by atoms with Gasteiger partial charge in [-0.2, -0.15) is 5.10 Å². The summed E-state index contributed by atoms with van der Waals surface area (Å²) in [5, 5.41) is 5.05. The second-order valence-corrected chi connectivity index (χ2v) is 5.66. The zero-order chi connectivity index (χ0) is 17.5. The molecule has 1 N–H and O–H groups in total. The van der Waals surface area contributed by atoms with Crippen molar-refractivity contribution in [1.29, 1.82) is 0 Å². The van der Waals surface area contributed by atoms with Gasteiger partial charge in [0.05, 0.1) is 12.8 Å². The highest BCUT2D eigenvalue weighted by Gasteiger charge is 2.07. The maximum absolute atomic E-state index is 11.8. The summed E-state index contributed by atoms with van der Waals surface area (Å²) in [6, 6.07) is 12.0. The number of amides is 1. The predicted molar refractivity (Wildman–Crippen MR) is 95.3 cm³/mol. The zero-order valence-corrected chi connectivity index (χ0v) is 14.7. The normalized spacial score (nSPS) is 11.1. The predicted octanol–water partition coefficient (Wildman–Crippen LogP) is 3.92. The fourth-order valence-electron chi connectivity index (χ4n) is 1.83. The Kier molecular flexibility index (Phi) is 6.46. The fraction of sp³-hybridized carbons (Fsp3) is 0.176. The third-order valence-electron chi connectivity index (χ3n) is 3.10. The van der Waals surface area contributed by atoms with Crippen LogP contribution in [0.1, 0.15) is 12.5 Å². The smallest absolute Gasteiger partial charge is 0.277 e. The number of carbonyl (C=O) groups excluding carboxylic acids is 1. The molecule has 0 fully saturated rings.